The predicted octanol–water partition coefficient (Wildman–Crippen LogP) is 3.02. The Balaban J connectivity index is 1.79. The maximum atomic E-state index is 11.4. The molecule has 1 N–H and O–H groups in total. The number of carboxylic acids is 1. The maximum Gasteiger partial charge on any atom is 0.358 e. The van der Waals surface area contributed by atoms with Crippen LogP contribution in [0, 0.1) is 0 Å². The van der Waals surface area contributed by atoms with E-state index in [-0.39, 0.29) is 17.8 Å². The van der Waals surface area contributed by atoms with Crippen LogP contribution in [0.3, 0.4) is 0 Å². The van der Waals surface area contributed by atoms with Crippen molar-refractivity contribution >= 4 is 5.97 Å². The van der Waals surface area contributed by atoms with Gasteiger partial charge in [-0.05, 0) is 44.9 Å². The number of nitrogens with zero attached hydrogens (tertiary/aromatic N) is 2. The summed E-state index contributed by atoms with van der Waals surface area (Å²) in [5.74, 6) is -0.485. The average Bonchev–Trinajstić information content (AvgIpc) is 2.72. The summed E-state index contributed by atoms with van der Waals surface area (Å²) in [6, 6.07) is 0.245. The molecular formula is C14H20N2O3. The molecule has 1 aromatic heterocycles. The van der Waals surface area contributed by atoms with Gasteiger partial charge < -0.3 is 9.84 Å². The van der Waals surface area contributed by atoms with E-state index in [1.54, 1.807) is 10.9 Å². The molecular weight excluding hydrogens is 244 g/mol. The van der Waals surface area contributed by atoms with Crippen molar-refractivity contribution in [1.29, 1.82) is 0 Å². The first-order chi connectivity index (χ1) is 9.25. The summed E-state index contributed by atoms with van der Waals surface area (Å²) in [6.45, 7) is 0. The van der Waals surface area contributed by atoms with Crippen LogP contribution < -0.4 is 4.74 Å². The number of rotatable bonds is 4. The van der Waals surface area contributed by atoms with Gasteiger partial charge in [0.1, 0.15) is 0 Å². The zero-order valence-corrected chi connectivity index (χ0v) is 11.0. The highest BCUT2D eigenvalue weighted by Crippen LogP contribution is 2.35. The lowest BCUT2D eigenvalue weighted by Gasteiger charge is -2.27. The topological polar surface area (TPSA) is 64.3 Å². The van der Waals surface area contributed by atoms with Gasteiger partial charge in [0.15, 0.2) is 11.4 Å². The van der Waals surface area contributed by atoms with Gasteiger partial charge in [0.25, 0.3) is 0 Å². The monoisotopic (exact) mass is 264 g/mol. The van der Waals surface area contributed by atoms with E-state index in [0.717, 1.165) is 32.1 Å². The molecule has 1 heterocycles. The van der Waals surface area contributed by atoms with Gasteiger partial charge in [0, 0.05) is 0 Å². The fourth-order valence-electron chi connectivity index (χ4n) is 2.91. The molecule has 0 spiro atoms. The van der Waals surface area contributed by atoms with Crippen LogP contribution in [0.5, 0.6) is 5.75 Å². The van der Waals surface area contributed by atoms with Crippen molar-refractivity contribution in [2.24, 2.45) is 0 Å². The zero-order valence-electron chi connectivity index (χ0n) is 11.0. The molecule has 2 aliphatic carbocycles. The van der Waals surface area contributed by atoms with Gasteiger partial charge in [-0.3, -0.25) is 4.68 Å². The van der Waals surface area contributed by atoms with Crippen molar-refractivity contribution in [2.45, 2.75) is 63.5 Å². The van der Waals surface area contributed by atoms with E-state index < -0.39 is 5.97 Å². The molecule has 19 heavy (non-hydrogen) atoms. The molecule has 1 aromatic rings. The largest absolute Gasteiger partial charge is 0.486 e. The van der Waals surface area contributed by atoms with Gasteiger partial charge in [-0.1, -0.05) is 6.42 Å². The van der Waals surface area contributed by atoms with Crippen molar-refractivity contribution in [1.82, 2.24) is 9.78 Å². The van der Waals surface area contributed by atoms with Crippen LogP contribution in [0.1, 0.15) is 67.9 Å². The van der Waals surface area contributed by atoms with Crippen LogP contribution >= 0.6 is 0 Å². The SMILES string of the molecule is O=C(O)c1c(OC2CCCCC2)cnn1C1CCC1. The summed E-state index contributed by atoms with van der Waals surface area (Å²) in [5, 5.41) is 13.6. The van der Waals surface area contributed by atoms with Crippen LogP contribution in [-0.4, -0.2) is 27.0 Å². The van der Waals surface area contributed by atoms with Gasteiger partial charge >= 0.3 is 5.97 Å². The molecule has 0 unspecified atom stereocenters. The normalized spacial score (nSPS) is 21.1. The van der Waals surface area contributed by atoms with Crippen molar-refractivity contribution in [3.63, 3.8) is 0 Å². The molecule has 2 saturated carbocycles. The number of hydrogen-bond donors (Lipinski definition) is 1. The number of hydrogen-bond acceptors (Lipinski definition) is 3. The highest BCUT2D eigenvalue weighted by atomic mass is 16.5. The second-order valence-corrected chi connectivity index (χ2v) is 5.57. The van der Waals surface area contributed by atoms with Gasteiger partial charge in [0.05, 0.1) is 18.3 Å². The molecule has 0 atom stereocenters. The third kappa shape index (κ3) is 2.46. The summed E-state index contributed by atoms with van der Waals surface area (Å²) < 4.78 is 7.53. The molecule has 3 rings (SSSR count). The van der Waals surface area contributed by atoms with Crippen LogP contribution in [0.2, 0.25) is 0 Å². The van der Waals surface area contributed by atoms with E-state index in [0.29, 0.717) is 5.75 Å². The first-order valence-corrected chi connectivity index (χ1v) is 7.23. The fraction of sp³-hybridized carbons (Fsp3) is 0.714. The maximum absolute atomic E-state index is 11.4. The van der Waals surface area contributed by atoms with E-state index in [9.17, 15) is 9.90 Å². The Labute approximate surface area is 112 Å². The average molecular weight is 264 g/mol. The Hall–Kier alpha value is -1.52. The highest BCUT2D eigenvalue weighted by Gasteiger charge is 2.29. The Morgan fingerprint density at radius 3 is 2.53 bits per heavy atom. The number of aromatic carboxylic acids is 1. The van der Waals surface area contributed by atoms with Crippen LogP contribution in [0.25, 0.3) is 0 Å². The van der Waals surface area contributed by atoms with E-state index in [1.165, 1.54) is 19.3 Å². The van der Waals surface area contributed by atoms with E-state index in [1.807, 2.05) is 0 Å². The molecule has 0 aromatic carbocycles. The van der Waals surface area contributed by atoms with Crippen LogP contribution in [-0.2, 0) is 0 Å². The lowest BCUT2D eigenvalue weighted by atomic mass is 9.93. The minimum absolute atomic E-state index is 0.158. The lowest BCUT2D eigenvalue weighted by molar-refractivity contribution is 0.0663. The molecule has 2 fully saturated rings. The summed E-state index contributed by atoms with van der Waals surface area (Å²) in [7, 11) is 0. The Bertz CT molecular complexity index is 459. The number of carboxylic acid groups (broad SMARTS) is 1. The second-order valence-electron chi connectivity index (χ2n) is 5.57. The van der Waals surface area contributed by atoms with Crippen LogP contribution in [0.4, 0.5) is 0 Å². The minimum Gasteiger partial charge on any atom is -0.486 e. The highest BCUT2D eigenvalue weighted by molar-refractivity contribution is 5.88. The molecule has 2 aliphatic rings. The minimum atomic E-state index is -0.935. The molecule has 0 radical (unpaired) electrons. The predicted molar refractivity (Wildman–Crippen MR) is 69.6 cm³/mol. The Morgan fingerprint density at radius 2 is 1.95 bits per heavy atom. The smallest absolute Gasteiger partial charge is 0.358 e. The zero-order chi connectivity index (χ0) is 13.2. The first kappa shape index (κ1) is 12.5. The van der Waals surface area contributed by atoms with Crippen molar-refractivity contribution in [3.8, 4) is 5.75 Å². The van der Waals surface area contributed by atoms with Gasteiger partial charge in [-0.25, -0.2) is 4.79 Å². The third-order valence-corrected chi connectivity index (χ3v) is 4.23. The van der Waals surface area contributed by atoms with E-state index >= 15 is 0 Å². The second kappa shape index (κ2) is 5.23. The molecule has 0 bridgehead atoms. The van der Waals surface area contributed by atoms with E-state index in [4.69, 9.17) is 4.74 Å². The summed E-state index contributed by atoms with van der Waals surface area (Å²) in [6.07, 6.45) is 10.6. The van der Waals surface area contributed by atoms with Crippen molar-refractivity contribution in [3.05, 3.63) is 11.9 Å². The molecule has 0 amide bonds. The Morgan fingerprint density at radius 1 is 1.21 bits per heavy atom. The number of carbonyl (C=O) groups is 1. The fourth-order valence-corrected chi connectivity index (χ4v) is 2.91. The van der Waals surface area contributed by atoms with Crippen molar-refractivity contribution < 1.29 is 14.6 Å². The summed E-state index contributed by atoms with van der Waals surface area (Å²) >= 11 is 0. The van der Waals surface area contributed by atoms with Gasteiger partial charge in [-0.15, -0.1) is 0 Å². The lowest BCUT2D eigenvalue weighted by Crippen LogP contribution is -2.24. The molecule has 5 nitrogen and oxygen atoms in total. The van der Waals surface area contributed by atoms with Crippen LogP contribution in [0.15, 0.2) is 6.20 Å². The number of aromatic nitrogens is 2. The summed E-state index contributed by atoms with van der Waals surface area (Å²) in [4.78, 5) is 11.4. The third-order valence-electron chi connectivity index (χ3n) is 4.23. The quantitative estimate of drug-likeness (QED) is 0.907. The number of ether oxygens (including phenoxy) is 1. The Kier molecular flexibility index (Phi) is 3.44. The first-order valence-electron chi connectivity index (χ1n) is 7.23. The molecule has 104 valence electrons. The van der Waals surface area contributed by atoms with Crippen molar-refractivity contribution in [2.75, 3.05) is 0 Å². The van der Waals surface area contributed by atoms with E-state index in [2.05, 4.69) is 5.10 Å². The molecule has 5 heteroatoms. The summed E-state index contributed by atoms with van der Waals surface area (Å²) in [5.41, 5.74) is 0.232. The van der Waals surface area contributed by atoms with Gasteiger partial charge in [-0.2, -0.15) is 5.10 Å². The van der Waals surface area contributed by atoms with Gasteiger partial charge in [0.2, 0.25) is 0 Å². The molecule has 0 saturated heterocycles. The molecule has 0 aliphatic heterocycles. The standard InChI is InChI=1S/C14H20N2O3/c17-14(18)13-12(19-11-7-2-1-3-8-11)9-15-16(13)10-5-4-6-10/h9-11H,1-8H2,(H,17,18).